The molecule has 1 aromatic rings. The standard InChI is InChI=1S/C15H22FN.ClH/c1-3-9-17(10-4-2)15-11-14(15)12-5-7-13(16)8-6-12;/h5-8,14-15H,3-4,9-11H2,1-2H3;1H. The number of nitrogens with zero attached hydrogens (tertiary/aromatic N) is 1. The number of rotatable bonds is 6. The Morgan fingerprint density at radius 3 is 2.17 bits per heavy atom. The molecule has 1 aliphatic carbocycles. The highest BCUT2D eigenvalue weighted by Crippen LogP contribution is 2.44. The molecule has 102 valence electrons. The van der Waals surface area contributed by atoms with Crippen LogP contribution in [-0.2, 0) is 0 Å². The molecular weight excluding hydrogens is 249 g/mol. The average Bonchev–Trinajstić information content (AvgIpc) is 3.10. The summed E-state index contributed by atoms with van der Waals surface area (Å²) in [6, 6.07) is 7.73. The van der Waals surface area contributed by atoms with Crippen molar-refractivity contribution >= 4 is 12.4 Å². The van der Waals surface area contributed by atoms with E-state index in [1.54, 1.807) is 12.1 Å². The fraction of sp³-hybridized carbons (Fsp3) is 0.600. The van der Waals surface area contributed by atoms with Crippen molar-refractivity contribution in [1.82, 2.24) is 4.90 Å². The molecule has 1 saturated carbocycles. The molecule has 1 aromatic carbocycles. The van der Waals surface area contributed by atoms with Gasteiger partial charge in [0.1, 0.15) is 5.82 Å². The lowest BCUT2D eigenvalue weighted by molar-refractivity contribution is 0.260. The Balaban J connectivity index is 0.00000162. The van der Waals surface area contributed by atoms with E-state index in [0.29, 0.717) is 12.0 Å². The smallest absolute Gasteiger partial charge is 0.123 e. The first-order valence-corrected chi connectivity index (χ1v) is 6.75. The first kappa shape index (κ1) is 15.5. The van der Waals surface area contributed by atoms with Gasteiger partial charge in [0.2, 0.25) is 0 Å². The maximum Gasteiger partial charge on any atom is 0.123 e. The highest BCUT2D eigenvalue weighted by Gasteiger charge is 2.41. The van der Waals surface area contributed by atoms with Crippen LogP contribution in [0.2, 0.25) is 0 Å². The van der Waals surface area contributed by atoms with Gasteiger partial charge in [-0.3, -0.25) is 4.90 Å². The molecule has 3 heteroatoms. The monoisotopic (exact) mass is 271 g/mol. The van der Waals surface area contributed by atoms with Crippen molar-refractivity contribution in [2.24, 2.45) is 0 Å². The predicted octanol–water partition coefficient (Wildman–Crippen LogP) is 4.23. The highest BCUT2D eigenvalue weighted by molar-refractivity contribution is 5.85. The molecule has 2 unspecified atom stereocenters. The summed E-state index contributed by atoms with van der Waals surface area (Å²) in [5.74, 6) is 0.499. The van der Waals surface area contributed by atoms with Crippen LogP contribution in [0.25, 0.3) is 0 Å². The van der Waals surface area contributed by atoms with Gasteiger partial charge in [-0.15, -0.1) is 12.4 Å². The van der Waals surface area contributed by atoms with Crippen LogP contribution in [0.4, 0.5) is 4.39 Å². The van der Waals surface area contributed by atoms with E-state index < -0.39 is 0 Å². The summed E-state index contributed by atoms with van der Waals surface area (Å²) in [7, 11) is 0. The molecular formula is C15H23ClFN. The van der Waals surface area contributed by atoms with Crippen LogP contribution in [0.1, 0.15) is 44.6 Å². The first-order valence-electron chi connectivity index (χ1n) is 6.75. The molecule has 0 aliphatic heterocycles. The van der Waals surface area contributed by atoms with E-state index >= 15 is 0 Å². The van der Waals surface area contributed by atoms with Crippen molar-refractivity contribution in [3.8, 4) is 0 Å². The van der Waals surface area contributed by atoms with Gasteiger partial charge < -0.3 is 0 Å². The summed E-state index contributed by atoms with van der Waals surface area (Å²) in [5.41, 5.74) is 1.30. The minimum absolute atomic E-state index is 0. The van der Waals surface area contributed by atoms with Crippen molar-refractivity contribution in [2.75, 3.05) is 13.1 Å². The van der Waals surface area contributed by atoms with Crippen LogP contribution in [0.3, 0.4) is 0 Å². The number of benzene rings is 1. The lowest BCUT2D eigenvalue weighted by Crippen LogP contribution is -2.28. The van der Waals surface area contributed by atoms with Gasteiger partial charge in [0, 0.05) is 12.0 Å². The molecule has 1 fully saturated rings. The van der Waals surface area contributed by atoms with Crippen molar-refractivity contribution in [3.63, 3.8) is 0 Å². The van der Waals surface area contributed by atoms with Gasteiger partial charge in [-0.25, -0.2) is 4.39 Å². The fourth-order valence-corrected chi connectivity index (χ4v) is 2.67. The van der Waals surface area contributed by atoms with E-state index in [4.69, 9.17) is 0 Å². The molecule has 1 nitrogen and oxygen atoms in total. The number of hydrogen-bond donors (Lipinski definition) is 0. The molecule has 1 aliphatic rings. The van der Waals surface area contributed by atoms with Gasteiger partial charge in [0.15, 0.2) is 0 Å². The normalized spacial score (nSPS) is 21.8. The molecule has 0 heterocycles. The highest BCUT2D eigenvalue weighted by atomic mass is 35.5. The minimum Gasteiger partial charge on any atom is -0.300 e. The van der Waals surface area contributed by atoms with E-state index in [-0.39, 0.29) is 18.2 Å². The summed E-state index contributed by atoms with van der Waals surface area (Å²) in [6.07, 6.45) is 3.67. The van der Waals surface area contributed by atoms with Gasteiger partial charge in [-0.2, -0.15) is 0 Å². The molecule has 0 amide bonds. The largest absolute Gasteiger partial charge is 0.300 e. The zero-order valence-corrected chi connectivity index (χ0v) is 12.0. The molecule has 0 bridgehead atoms. The molecule has 0 aromatic heterocycles. The van der Waals surface area contributed by atoms with E-state index in [1.807, 2.05) is 12.1 Å². The third-order valence-electron chi connectivity index (χ3n) is 3.55. The molecule has 0 N–H and O–H groups in total. The number of halogens is 2. The van der Waals surface area contributed by atoms with E-state index in [9.17, 15) is 4.39 Å². The van der Waals surface area contributed by atoms with Gasteiger partial charge in [0.25, 0.3) is 0 Å². The van der Waals surface area contributed by atoms with Crippen LogP contribution in [0, 0.1) is 5.82 Å². The van der Waals surface area contributed by atoms with E-state index in [1.165, 1.54) is 37.9 Å². The second-order valence-corrected chi connectivity index (χ2v) is 5.00. The van der Waals surface area contributed by atoms with Crippen molar-refractivity contribution in [2.45, 2.75) is 45.1 Å². The second-order valence-electron chi connectivity index (χ2n) is 5.00. The Morgan fingerprint density at radius 2 is 1.67 bits per heavy atom. The van der Waals surface area contributed by atoms with Gasteiger partial charge in [0.05, 0.1) is 0 Å². The van der Waals surface area contributed by atoms with Gasteiger partial charge in [-0.1, -0.05) is 26.0 Å². The maximum absolute atomic E-state index is 12.9. The summed E-state index contributed by atoms with van der Waals surface area (Å²) in [5, 5.41) is 0. The van der Waals surface area contributed by atoms with Crippen LogP contribution < -0.4 is 0 Å². The molecule has 0 radical (unpaired) electrons. The van der Waals surface area contributed by atoms with Crippen molar-refractivity contribution in [3.05, 3.63) is 35.6 Å². The summed E-state index contributed by atoms with van der Waals surface area (Å²) < 4.78 is 12.9. The molecule has 2 rings (SSSR count). The Kier molecular flexibility index (Phi) is 6.10. The lowest BCUT2D eigenvalue weighted by atomic mass is 10.1. The second kappa shape index (κ2) is 7.10. The summed E-state index contributed by atoms with van der Waals surface area (Å²) >= 11 is 0. The van der Waals surface area contributed by atoms with Crippen LogP contribution in [-0.4, -0.2) is 24.0 Å². The maximum atomic E-state index is 12.9. The van der Waals surface area contributed by atoms with Crippen molar-refractivity contribution < 1.29 is 4.39 Å². The Labute approximate surface area is 116 Å². The molecule has 2 atom stereocenters. The average molecular weight is 272 g/mol. The van der Waals surface area contributed by atoms with Crippen LogP contribution in [0.15, 0.2) is 24.3 Å². The fourth-order valence-electron chi connectivity index (χ4n) is 2.67. The third-order valence-corrected chi connectivity index (χ3v) is 3.55. The van der Waals surface area contributed by atoms with E-state index in [2.05, 4.69) is 18.7 Å². The Hall–Kier alpha value is -0.600. The Morgan fingerprint density at radius 1 is 1.11 bits per heavy atom. The quantitative estimate of drug-likeness (QED) is 0.749. The van der Waals surface area contributed by atoms with Gasteiger partial charge >= 0.3 is 0 Å². The third kappa shape index (κ3) is 3.69. The van der Waals surface area contributed by atoms with Crippen LogP contribution >= 0.6 is 12.4 Å². The zero-order valence-electron chi connectivity index (χ0n) is 11.2. The number of hydrogen-bond acceptors (Lipinski definition) is 1. The van der Waals surface area contributed by atoms with Crippen LogP contribution in [0.5, 0.6) is 0 Å². The van der Waals surface area contributed by atoms with Gasteiger partial charge in [-0.05, 0) is 50.0 Å². The molecule has 18 heavy (non-hydrogen) atoms. The first-order chi connectivity index (χ1) is 8.26. The summed E-state index contributed by atoms with van der Waals surface area (Å²) in [6.45, 7) is 6.85. The Bertz CT molecular complexity index is 346. The zero-order chi connectivity index (χ0) is 12.3. The van der Waals surface area contributed by atoms with E-state index in [0.717, 1.165) is 0 Å². The minimum atomic E-state index is -0.134. The topological polar surface area (TPSA) is 3.24 Å². The SMILES string of the molecule is CCCN(CCC)C1CC1c1ccc(F)cc1.Cl. The molecule has 0 spiro atoms. The molecule has 0 saturated heterocycles. The summed E-state index contributed by atoms with van der Waals surface area (Å²) in [4.78, 5) is 2.59. The lowest BCUT2D eigenvalue weighted by Gasteiger charge is -2.21. The predicted molar refractivity (Wildman–Crippen MR) is 76.9 cm³/mol. The van der Waals surface area contributed by atoms with Crippen molar-refractivity contribution in [1.29, 1.82) is 0 Å².